The lowest BCUT2D eigenvalue weighted by molar-refractivity contribution is -0.166. The molecular formula is C12H14O3. The Morgan fingerprint density at radius 1 is 1.33 bits per heavy atom. The molecule has 1 heterocycles. The lowest BCUT2D eigenvalue weighted by Gasteiger charge is -2.38. The predicted octanol–water partition coefficient (Wildman–Crippen LogP) is 1.44. The van der Waals surface area contributed by atoms with Gasteiger partial charge in [-0.3, -0.25) is 4.79 Å². The predicted molar refractivity (Wildman–Crippen MR) is 55.7 cm³/mol. The summed E-state index contributed by atoms with van der Waals surface area (Å²) in [5.74, 6) is -0.211. The molecule has 3 nitrogen and oxygen atoms in total. The largest absolute Gasteiger partial charge is 0.468 e. The molecule has 1 aliphatic heterocycles. The van der Waals surface area contributed by atoms with Crippen molar-refractivity contribution in [1.29, 1.82) is 0 Å². The van der Waals surface area contributed by atoms with Crippen LogP contribution in [0.2, 0.25) is 0 Å². The number of hydrogen-bond donors (Lipinski definition) is 0. The Bertz CT molecular complexity index is 363. The second-order valence-electron chi connectivity index (χ2n) is 3.93. The number of methoxy groups -OCH3 is 1. The van der Waals surface area contributed by atoms with Gasteiger partial charge >= 0.3 is 5.97 Å². The van der Waals surface area contributed by atoms with Gasteiger partial charge in [-0.15, -0.1) is 0 Å². The fourth-order valence-corrected chi connectivity index (χ4v) is 1.78. The Morgan fingerprint density at radius 2 is 1.93 bits per heavy atom. The molecule has 1 aromatic carbocycles. The summed E-state index contributed by atoms with van der Waals surface area (Å²) in [5, 5.41) is 0. The topological polar surface area (TPSA) is 35.5 Å². The number of esters is 1. The number of carbonyl (C=O) groups excluding carboxylic acids is 1. The molecular weight excluding hydrogens is 192 g/mol. The van der Waals surface area contributed by atoms with Crippen LogP contribution >= 0.6 is 0 Å². The Morgan fingerprint density at radius 3 is 2.33 bits per heavy atom. The second-order valence-corrected chi connectivity index (χ2v) is 3.93. The van der Waals surface area contributed by atoms with Crippen LogP contribution in [0.15, 0.2) is 24.3 Å². The van der Waals surface area contributed by atoms with Gasteiger partial charge in [-0.2, -0.15) is 0 Å². The summed E-state index contributed by atoms with van der Waals surface area (Å²) >= 11 is 0. The van der Waals surface area contributed by atoms with E-state index >= 15 is 0 Å². The van der Waals surface area contributed by atoms with Crippen LogP contribution < -0.4 is 0 Å². The van der Waals surface area contributed by atoms with Crippen LogP contribution in [-0.2, 0) is 19.7 Å². The van der Waals surface area contributed by atoms with Gasteiger partial charge in [0.25, 0.3) is 0 Å². The zero-order valence-electron chi connectivity index (χ0n) is 8.95. The number of rotatable bonds is 2. The lowest BCUT2D eigenvalue weighted by Crippen LogP contribution is -2.53. The van der Waals surface area contributed by atoms with Gasteiger partial charge in [0.05, 0.1) is 20.3 Å². The van der Waals surface area contributed by atoms with Crippen molar-refractivity contribution >= 4 is 5.97 Å². The molecule has 0 radical (unpaired) electrons. The van der Waals surface area contributed by atoms with E-state index in [1.165, 1.54) is 12.7 Å². The molecule has 0 amide bonds. The van der Waals surface area contributed by atoms with Crippen LogP contribution in [0.25, 0.3) is 0 Å². The van der Waals surface area contributed by atoms with E-state index < -0.39 is 5.41 Å². The summed E-state index contributed by atoms with van der Waals surface area (Å²) in [6.45, 7) is 2.86. The molecule has 80 valence electrons. The summed E-state index contributed by atoms with van der Waals surface area (Å²) < 4.78 is 9.97. The van der Waals surface area contributed by atoms with Crippen molar-refractivity contribution in [3.8, 4) is 0 Å². The number of hydrogen-bond acceptors (Lipinski definition) is 3. The maximum absolute atomic E-state index is 11.7. The van der Waals surface area contributed by atoms with Crippen LogP contribution in [0.5, 0.6) is 0 Å². The molecule has 0 spiro atoms. The van der Waals surface area contributed by atoms with Gasteiger partial charge in [-0.05, 0) is 12.5 Å². The molecule has 0 aromatic heterocycles. The first-order valence-corrected chi connectivity index (χ1v) is 4.92. The molecule has 1 saturated heterocycles. The molecule has 2 rings (SSSR count). The summed E-state index contributed by atoms with van der Waals surface area (Å²) in [7, 11) is 1.41. The van der Waals surface area contributed by atoms with Crippen molar-refractivity contribution in [1.82, 2.24) is 0 Å². The standard InChI is InChI=1S/C12H14O3/c1-9-3-5-10(6-4-9)12(7-15-8-12)11(13)14-2/h3-6H,7-8H2,1-2H3. The van der Waals surface area contributed by atoms with E-state index in [1.54, 1.807) is 0 Å². The van der Waals surface area contributed by atoms with E-state index in [0.29, 0.717) is 13.2 Å². The van der Waals surface area contributed by atoms with Gasteiger partial charge < -0.3 is 9.47 Å². The minimum atomic E-state index is -0.567. The Hall–Kier alpha value is -1.35. The maximum Gasteiger partial charge on any atom is 0.321 e. The van der Waals surface area contributed by atoms with E-state index in [9.17, 15) is 4.79 Å². The van der Waals surface area contributed by atoms with E-state index in [1.807, 2.05) is 31.2 Å². The van der Waals surface area contributed by atoms with Crippen molar-refractivity contribution in [2.75, 3.05) is 20.3 Å². The molecule has 0 bridgehead atoms. The number of carbonyl (C=O) groups is 1. The quantitative estimate of drug-likeness (QED) is 0.687. The van der Waals surface area contributed by atoms with Gasteiger partial charge in [0.1, 0.15) is 5.41 Å². The molecule has 0 aliphatic carbocycles. The average molecular weight is 206 g/mol. The van der Waals surface area contributed by atoms with Crippen molar-refractivity contribution in [2.24, 2.45) is 0 Å². The zero-order valence-corrected chi connectivity index (χ0v) is 8.95. The van der Waals surface area contributed by atoms with Crippen LogP contribution in [0.4, 0.5) is 0 Å². The first-order valence-electron chi connectivity index (χ1n) is 4.92. The second kappa shape index (κ2) is 3.66. The van der Waals surface area contributed by atoms with Gasteiger partial charge in [0.2, 0.25) is 0 Å². The molecule has 0 atom stereocenters. The number of ether oxygens (including phenoxy) is 2. The van der Waals surface area contributed by atoms with Crippen LogP contribution in [0.3, 0.4) is 0 Å². The number of aryl methyl sites for hydroxylation is 1. The number of benzene rings is 1. The third-order valence-corrected chi connectivity index (χ3v) is 2.88. The monoisotopic (exact) mass is 206 g/mol. The summed E-state index contributed by atoms with van der Waals surface area (Å²) in [4.78, 5) is 11.7. The SMILES string of the molecule is COC(=O)C1(c2ccc(C)cc2)COC1. The first-order chi connectivity index (χ1) is 7.19. The fraction of sp³-hybridized carbons (Fsp3) is 0.417. The lowest BCUT2D eigenvalue weighted by atomic mass is 9.78. The van der Waals surface area contributed by atoms with Crippen molar-refractivity contribution < 1.29 is 14.3 Å². The zero-order chi connectivity index (χ0) is 10.9. The van der Waals surface area contributed by atoms with Crippen LogP contribution in [0, 0.1) is 6.92 Å². The molecule has 0 saturated carbocycles. The van der Waals surface area contributed by atoms with Gasteiger partial charge in [0.15, 0.2) is 0 Å². The average Bonchev–Trinajstić information content (AvgIpc) is 2.19. The van der Waals surface area contributed by atoms with Crippen molar-refractivity contribution in [3.05, 3.63) is 35.4 Å². The van der Waals surface area contributed by atoms with E-state index in [4.69, 9.17) is 9.47 Å². The highest BCUT2D eigenvalue weighted by Crippen LogP contribution is 2.33. The molecule has 1 fully saturated rings. The van der Waals surface area contributed by atoms with Gasteiger partial charge in [0, 0.05) is 0 Å². The fourth-order valence-electron chi connectivity index (χ4n) is 1.78. The highest BCUT2D eigenvalue weighted by molar-refractivity contribution is 5.84. The maximum atomic E-state index is 11.7. The molecule has 1 aliphatic rings. The van der Waals surface area contributed by atoms with Crippen LogP contribution in [0.1, 0.15) is 11.1 Å². The van der Waals surface area contributed by atoms with E-state index in [-0.39, 0.29) is 5.97 Å². The normalized spacial score (nSPS) is 18.0. The summed E-state index contributed by atoms with van der Waals surface area (Å²) in [6, 6.07) is 7.93. The minimum Gasteiger partial charge on any atom is -0.468 e. The van der Waals surface area contributed by atoms with Gasteiger partial charge in [-0.25, -0.2) is 0 Å². The highest BCUT2D eigenvalue weighted by Gasteiger charge is 2.48. The van der Waals surface area contributed by atoms with E-state index in [0.717, 1.165) is 5.56 Å². The molecule has 3 heteroatoms. The first kappa shape index (κ1) is 10.2. The molecule has 0 unspecified atom stereocenters. The van der Waals surface area contributed by atoms with E-state index in [2.05, 4.69) is 0 Å². The van der Waals surface area contributed by atoms with Crippen molar-refractivity contribution in [3.63, 3.8) is 0 Å². The molecule has 15 heavy (non-hydrogen) atoms. The summed E-state index contributed by atoms with van der Waals surface area (Å²) in [5.41, 5.74) is 1.59. The molecule has 1 aromatic rings. The minimum absolute atomic E-state index is 0.211. The summed E-state index contributed by atoms with van der Waals surface area (Å²) in [6.07, 6.45) is 0. The van der Waals surface area contributed by atoms with Crippen molar-refractivity contribution in [2.45, 2.75) is 12.3 Å². The third kappa shape index (κ3) is 1.53. The third-order valence-electron chi connectivity index (χ3n) is 2.88. The van der Waals surface area contributed by atoms with Crippen LogP contribution in [-0.4, -0.2) is 26.3 Å². The Balaban J connectivity index is 2.34. The molecule has 0 N–H and O–H groups in total. The Labute approximate surface area is 89.0 Å². The smallest absolute Gasteiger partial charge is 0.321 e. The Kier molecular flexibility index (Phi) is 2.49. The highest BCUT2D eigenvalue weighted by atomic mass is 16.5. The van der Waals surface area contributed by atoms with Gasteiger partial charge in [-0.1, -0.05) is 29.8 Å².